The van der Waals surface area contributed by atoms with E-state index in [1.807, 2.05) is 12.1 Å². The standard InChI is InChI=1S/C21H26N2O4S/c1-22(16-17-5-7-18(8-6-17)23-11-3-2-4-12-23)28(24,25)19-9-10-20-21(15-19)27-14-13-26-20/h5-10,15H,2-4,11-14,16H2,1H3. The molecule has 2 aliphatic rings. The fraction of sp³-hybridized carbons (Fsp3) is 0.429. The van der Waals surface area contributed by atoms with Crippen molar-refractivity contribution in [3.63, 3.8) is 0 Å². The number of sulfonamides is 1. The van der Waals surface area contributed by atoms with E-state index >= 15 is 0 Å². The van der Waals surface area contributed by atoms with Gasteiger partial charge in [0.25, 0.3) is 0 Å². The lowest BCUT2D eigenvalue weighted by atomic mass is 10.1. The van der Waals surface area contributed by atoms with Gasteiger partial charge < -0.3 is 14.4 Å². The third-order valence-electron chi connectivity index (χ3n) is 5.28. The average Bonchev–Trinajstić information content (AvgIpc) is 2.74. The second-order valence-corrected chi connectivity index (χ2v) is 9.33. The molecule has 7 heteroatoms. The smallest absolute Gasteiger partial charge is 0.243 e. The highest BCUT2D eigenvalue weighted by molar-refractivity contribution is 7.89. The van der Waals surface area contributed by atoms with Crippen LogP contribution in [0.4, 0.5) is 5.69 Å². The predicted molar refractivity (Wildman–Crippen MR) is 109 cm³/mol. The second-order valence-electron chi connectivity index (χ2n) is 7.28. The highest BCUT2D eigenvalue weighted by atomic mass is 32.2. The molecule has 0 amide bonds. The van der Waals surface area contributed by atoms with Crippen LogP contribution in [0.15, 0.2) is 47.4 Å². The summed E-state index contributed by atoms with van der Waals surface area (Å²) in [5, 5.41) is 0. The van der Waals surface area contributed by atoms with Gasteiger partial charge in [-0.2, -0.15) is 4.31 Å². The summed E-state index contributed by atoms with van der Waals surface area (Å²) < 4.78 is 38.3. The fourth-order valence-corrected chi connectivity index (χ4v) is 4.85. The van der Waals surface area contributed by atoms with Gasteiger partial charge in [-0.15, -0.1) is 0 Å². The Balaban J connectivity index is 1.47. The Morgan fingerprint density at radius 3 is 2.32 bits per heavy atom. The molecule has 1 saturated heterocycles. The van der Waals surface area contributed by atoms with Gasteiger partial charge in [0, 0.05) is 38.4 Å². The van der Waals surface area contributed by atoms with Crippen molar-refractivity contribution in [2.24, 2.45) is 0 Å². The molecule has 0 spiro atoms. The van der Waals surface area contributed by atoms with Gasteiger partial charge in [0.1, 0.15) is 13.2 Å². The van der Waals surface area contributed by atoms with Crippen molar-refractivity contribution in [3.8, 4) is 11.5 Å². The predicted octanol–water partition coefficient (Wildman–Crippen LogP) is 3.27. The first-order valence-corrected chi connectivity index (χ1v) is 11.2. The molecule has 0 aliphatic carbocycles. The van der Waals surface area contributed by atoms with Crippen molar-refractivity contribution < 1.29 is 17.9 Å². The molecule has 2 aromatic carbocycles. The first-order valence-electron chi connectivity index (χ1n) is 9.74. The lowest BCUT2D eigenvalue weighted by Crippen LogP contribution is -2.29. The van der Waals surface area contributed by atoms with Crippen LogP contribution < -0.4 is 14.4 Å². The lowest BCUT2D eigenvalue weighted by molar-refractivity contribution is 0.171. The number of fused-ring (bicyclic) bond motifs is 1. The number of rotatable bonds is 5. The molecule has 150 valence electrons. The number of anilines is 1. The van der Waals surface area contributed by atoms with Gasteiger partial charge in [0.15, 0.2) is 11.5 Å². The topological polar surface area (TPSA) is 59.1 Å². The highest BCUT2D eigenvalue weighted by Gasteiger charge is 2.24. The Bertz CT molecular complexity index is 922. The highest BCUT2D eigenvalue weighted by Crippen LogP contribution is 2.33. The van der Waals surface area contributed by atoms with Gasteiger partial charge in [-0.3, -0.25) is 0 Å². The maximum atomic E-state index is 13.0. The molecule has 0 unspecified atom stereocenters. The number of hydrogen-bond acceptors (Lipinski definition) is 5. The van der Waals surface area contributed by atoms with E-state index < -0.39 is 10.0 Å². The SMILES string of the molecule is CN(Cc1ccc(N2CCCCC2)cc1)S(=O)(=O)c1ccc2c(c1)OCCO2. The van der Waals surface area contributed by atoms with Gasteiger partial charge in [-0.25, -0.2) is 8.42 Å². The molecule has 0 atom stereocenters. The van der Waals surface area contributed by atoms with Gasteiger partial charge in [0.05, 0.1) is 4.90 Å². The quantitative estimate of drug-likeness (QED) is 0.768. The van der Waals surface area contributed by atoms with Crippen molar-refractivity contribution in [1.82, 2.24) is 4.31 Å². The molecule has 28 heavy (non-hydrogen) atoms. The first kappa shape index (κ1) is 19.1. The van der Waals surface area contributed by atoms with Crippen LogP contribution in [-0.4, -0.2) is 46.1 Å². The van der Waals surface area contributed by atoms with Crippen LogP contribution in [0.25, 0.3) is 0 Å². The van der Waals surface area contributed by atoms with E-state index in [1.54, 1.807) is 25.2 Å². The van der Waals surface area contributed by atoms with Crippen molar-refractivity contribution in [2.45, 2.75) is 30.7 Å². The summed E-state index contributed by atoms with van der Waals surface area (Å²) in [5.41, 5.74) is 2.17. The van der Waals surface area contributed by atoms with Crippen molar-refractivity contribution in [1.29, 1.82) is 0 Å². The van der Waals surface area contributed by atoms with E-state index in [0.717, 1.165) is 18.7 Å². The molecule has 0 radical (unpaired) electrons. The molecular weight excluding hydrogens is 376 g/mol. The third kappa shape index (κ3) is 3.95. The molecule has 0 aromatic heterocycles. The monoisotopic (exact) mass is 402 g/mol. The minimum Gasteiger partial charge on any atom is -0.486 e. The first-order chi connectivity index (χ1) is 13.5. The van der Waals surface area contributed by atoms with E-state index in [2.05, 4.69) is 17.0 Å². The van der Waals surface area contributed by atoms with Crippen LogP contribution in [0.1, 0.15) is 24.8 Å². The molecule has 0 saturated carbocycles. The van der Waals surface area contributed by atoms with E-state index in [-0.39, 0.29) is 4.90 Å². The molecule has 1 fully saturated rings. The second kappa shape index (κ2) is 8.01. The van der Waals surface area contributed by atoms with E-state index in [0.29, 0.717) is 31.3 Å². The summed E-state index contributed by atoms with van der Waals surface area (Å²) in [5.74, 6) is 1.06. The Kier molecular flexibility index (Phi) is 5.46. The van der Waals surface area contributed by atoms with Crippen LogP contribution in [0.2, 0.25) is 0 Å². The van der Waals surface area contributed by atoms with Gasteiger partial charge in [-0.05, 0) is 49.1 Å². The van der Waals surface area contributed by atoms with Crippen LogP contribution in [0.5, 0.6) is 11.5 Å². The molecule has 0 N–H and O–H groups in total. The molecule has 0 bridgehead atoms. The van der Waals surface area contributed by atoms with Crippen LogP contribution in [-0.2, 0) is 16.6 Å². The van der Waals surface area contributed by atoms with Crippen LogP contribution >= 0.6 is 0 Å². The number of benzene rings is 2. The molecule has 6 nitrogen and oxygen atoms in total. The summed E-state index contributed by atoms with van der Waals surface area (Å²) >= 11 is 0. The molecule has 4 rings (SSSR count). The molecule has 2 heterocycles. The number of ether oxygens (including phenoxy) is 2. The summed E-state index contributed by atoms with van der Waals surface area (Å²) in [6.07, 6.45) is 3.77. The molecule has 2 aliphatic heterocycles. The lowest BCUT2D eigenvalue weighted by Gasteiger charge is -2.29. The van der Waals surface area contributed by atoms with E-state index in [1.165, 1.54) is 29.3 Å². The fourth-order valence-electron chi connectivity index (χ4n) is 3.67. The van der Waals surface area contributed by atoms with Crippen LogP contribution in [0.3, 0.4) is 0 Å². The minimum absolute atomic E-state index is 0.212. The van der Waals surface area contributed by atoms with Crippen molar-refractivity contribution in [3.05, 3.63) is 48.0 Å². The number of hydrogen-bond donors (Lipinski definition) is 0. The normalized spacial score (nSPS) is 17.0. The largest absolute Gasteiger partial charge is 0.486 e. The van der Waals surface area contributed by atoms with E-state index in [4.69, 9.17) is 9.47 Å². The average molecular weight is 403 g/mol. The minimum atomic E-state index is -3.61. The zero-order valence-electron chi connectivity index (χ0n) is 16.1. The van der Waals surface area contributed by atoms with Crippen molar-refractivity contribution >= 4 is 15.7 Å². The summed E-state index contributed by atoms with van der Waals surface area (Å²) in [7, 11) is -2.01. The zero-order chi connectivity index (χ0) is 19.6. The maximum Gasteiger partial charge on any atom is 0.243 e. The van der Waals surface area contributed by atoms with Crippen LogP contribution in [0, 0.1) is 0 Å². The molecule has 2 aromatic rings. The van der Waals surface area contributed by atoms with Crippen molar-refractivity contribution in [2.75, 3.05) is 38.3 Å². The summed E-state index contributed by atoms with van der Waals surface area (Å²) in [4.78, 5) is 2.60. The maximum absolute atomic E-state index is 13.0. The Hall–Kier alpha value is -2.25. The third-order valence-corrected chi connectivity index (χ3v) is 7.08. The van der Waals surface area contributed by atoms with Gasteiger partial charge in [-0.1, -0.05) is 12.1 Å². The Morgan fingerprint density at radius 2 is 1.61 bits per heavy atom. The zero-order valence-corrected chi connectivity index (χ0v) is 17.0. The number of nitrogens with zero attached hydrogens (tertiary/aromatic N) is 2. The Labute approximate surface area is 166 Å². The Morgan fingerprint density at radius 1 is 0.929 bits per heavy atom. The molecular formula is C21H26N2O4S. The number of piperidine rings is 1. The summed E-state index contributed by atoms with van der Waals surface area (Å²) in [6, 6.07) is 13.0. The van der Waals surface area contributed by atoms with Gasteiger partial charge >= 0.3 is 0 Å². The van der Waals surface area contributed by atoms with E-state index in [9.17, 15) is 8.42 Å². The summed E-state index contributed by atoms with van der Waals surface area (Å²) in [6.45, 7) is 3.41. The van der Waals surface area contributed by atoms with Gasteiger partial charge in [0.2, 0.25) is 10.0 Å².